The highest BCUT2D eigenvalue weighted by atomic mass is 16.5. The molecule has 2 fully saturated rings. The number of ether oxygens (including phenoxy) is 1. The van der Waals surface area contributed by atoms with Gasteiger partial charge >= 0.3 is 0 Å². The minimum absolute atomic E-state index is 0.168. The summed E-state index contributed by atoms with van der Waals surface area (Å²) >= 11 is 0. The summed E-state index contributed by atoms with van der Waals surface area (Å²) in [5.41, 5.74) is 1.24. The van der Waals surface area contributed by atoms with Crippen LogP contribution in [0.15, 0.2) is 24.3 Å². The Hall–Kier alpha value is -1.55. The van der Waals surface area contributed by atoms with Crippen LogP contribution in [0.25, 0.3) is 0 Å². The molecule has 0 spiro atoms. The summed E-state index contributed by atoms with van der Waals surface area (Å²) in [6.45, 7) is 2.76. The molecule has 0 bridgehead atoms. The van der Waals surface area contributed by atoms with E-state index in [1.165, 1.54) is 5.56 Å². The van der Waals surface area contributed by atoms with E-state index in [9.17, 15) is 4.79 Å². The molecule has 1 unspecified atom stereocenters. The number of likely N-dealkylation sites (tertiary alicyclic amines) is 1. The summed E-state index contributed by atoms with van der Waals surface area (Å²) in [6.07, 6.45) is 3.29. The van der Waals surface area contributed by atoms with Gasteiger partial charge in [-0.2, -0.15) is 0 Å². The second-order valence-corrected chi connectivity index (χ2v) is 5.86. The zero-order valence-electron chi connectivity index (χ0n) is 12.0. The molecule has 0 aromatic heterocycles. The van der Waals surface area contributed by atoms with Crippen molar-refractivity contribution >= 4 is 5.91 Å². The molecule has 1 N–H and O–H groups in total. The van der Waals surface area contributed by atoms with E-state index in [4.69, 9.17) is 4.74 Å². The lowest BCUT2D eigenvalue weighted by Crippen LogP contribution is -2.34. The third-order valence-corrected chi connectivity index (χ3v) is 4.11. The molecule has 4 nitrogen and oxygen atoms in total. The van der Waals surface area contributed by atoms with E-state index in [2.05, 4.69) is 22.3 Å². The maximum absolute atomic E-state index is 12.0. The average molecular weight is 274 g/mol. The number of hydrogen-bond acceptors (Lipinski definition) is 3. The minimum atomic E-state index is 0.168. The molecule has 1 aromatic rings. The van der Waals surface area contributed by atoms with Crippen LogP contribution in [0.2, 0.25) is 0 Å². The highest BCUT2D eigenvalue weighted by Gasteiger charge is 2.31. The molecule has 1 aliphatic heterocycles. The van der Waals surface area contributed by atoms with E-state index in [0.717, 1.165) is 44.6 Å². The van der Waals surface area contributed by atoms with Crippen molar-refractivity contribution in [2.24, 2.45) is 5.92 Å². The third-order valence-electron chi connectivity index (χ3n) is 4.11. The van der Waals surface area contributed by atoms with Crippen LogP contribution < -0.4 is 10.1 Å². The first-order valence-corrected chi connectivity index (χ1v) is 7.40. The van der Waals surface area contributed by atoms with Crippen molar-refractivity contribution < 1.29 is 9.53 Å². The fourth-order valence-electron chi connectivity index (χ4n) is 2.77. The predicted molar refractivity (Wildman–Crippen MR) is 77.5 cm³/mol. The van der Waals surface area contributed by atoms with Crippen molar-refractivity contribution in [2.45, 2.75) is 31.8 Å². The van der Waals surface area contributed by atoms with Gasteiger partial charge in [-0.15, -0.1) is 0 Å². The Balaban J connectivity index is 1.52. The van der Waals surface area contributed by atoms with Crippen molar-refractivity contribution in [2.75, 3.05) is 20.2 Å². The number of hydrogen-bond donors (Lipinski definition) is 1. The molecular weight excluding hydrogens is 252 g/mol. The van der Waals surface area contributed by atoms with Crippen LogP contribution in [0, 0.1) is 5.92 Å². The Morgan fingerprint density at radius 2 is 2.25 bits per heavy atom. The van der Waals surface area contributed by atoms with Crippen molar-refractivity contribution in [1.29, 1.82) is 0 Å². The van der Waals surface area contributed by atoms with E-state index < -0.39 is 0 Å². The molecule has 1 saturated carbocycles. The number of carbonyl (C=O) groups excluding carboxylic acids is 1. The summed E-state index contributed by atoms with van der Waals surface area (Å²) in [4.78, 5) is 14.4. The zero-order chi connectivity index (χ0) is 13.9. The number of amides is 1. The molecule has 1 amide bonds. The van der Waals surface area contributed by atoms with Gasteiger partial charge in [0, 0.05) is 19.1 Å². The van der Waals surface area contributed by atoms with Crippen LogP contribution in [-0.4, -0.2) is 37.0 Å². The van der Waals surface area contributed by atoms with E-state index >= 15 is 0 Å². The molecule has 1 aliphatic carbocycles. The number of rotatable bonds is 5. The zero-order valence-corrected chi connectivity index (χ0v) is 12.0. The summed E-state index contributed by atoms with van der Waals surface area (Å²) < 4.78 is 5.25. The first-order valence-electron chi connectivity index (χ1n) is 7.40. The summed E-state index contributed by atoms with van der Waals surface area (Å²) in [6, 6.07) is 8.62. The summed E-state index contributed by atoms with van der Waals surface area (Å²) in [5, 5.41) is 3.11. The molecule has 0 radical (unpaired) electrons. The van der Waals surface area contributed by atoms with Gasteiger partial charge in [-0.05, 0) is 43.5 Å². The molecule has 1 heterocycles. The molecule has 108 valence electrons. The number of nitrogens with one attached hydrogen (secondary N) is 1. The van der Waals surface area contributed by atoms with E-state index in [0.29, 0.717) is 6.04 Å². The predicted octanol–water partition coefficient (Wildman–Crippen LogP) is 1.80. The molecule has 3 rings (SSSR count). The van der Waals surface area contributed by atoms with Crippen LogP contribution in [0.1, 0.15) is 24.8 Å². The standard InChI is InChI=1S/C16H22N2O2/c1-20-15-4-2-3-12(9-15)10-18-8-7-13(11-18)16(19)17-14-5-6-14/h2-4,9,13-14H,5-8,10-11H2,1H3,(H,17,19). The smallest absolute Gasteiger partial charge is 0.224 e. The van der Waals surface area contributed by atoms with Gasteiger partial charge in [0.05, 0.1) is 13.0 Å². The first-order chi connectivity index (χ1) is 9.74. The van der Waals surface area contributed by atoms with Gasteiger partial charge in [-0.1, -0.05) is 12.1 Å². The molecule has 4 heteroatoms. The van der Waals surface area contributed by atoms with Crippen LogP contribution in [0.4, 0.5) is 0 Å². The highest BCUT2D eigenvalue weighted by Crippen LogP contribution is 2.23. The summed E-state index contributed by atoms with van der Waals surface area (Å²) in [5.74, 6) is 1.31. The lowest BCUT2D eigenvalue weighted by Gasteiger charge is -2.16. The maximum Gasteiger partial charge on any atom is 0.224 e. The van der Waals surface area contributed by atoms with Gasteiger partial charge in [-0.3, -0.25) is 9.69 Å². The van der Waals surface area contributed by atoms with Crippen LogP contribution >= 0.6 is 0 Å². The fraction of sp³-hybridized carbons (Fsp3) is 0.562. The van der Waals surface area contributed by atoms with E-state index in [1.54, 1.807) is 7.11 Å². The topological polar surface area (TPSA) is 41.6 Å². The first kappa shape index (κ1) is 13.4. The largest absolute Gasteiger partial charge is 0.497 e. The summed E-state index contributed by atoms with van der Waals surface area (Å²) in [7, 11) is 1.69. The quantitative estimate of drug-likeness (QED) is 0.890. The minimum Gasteiger partial charge on any atom is -0.497 e. The fourth-order valence-corrected chi connectivity index (χ4v) is 2.77. The Labute approximate surface area is 120 Å². The molecular formula is C16H22N2O2. The maximum atomic E-state index is 12.0. The second kappa shape index (κ2) is 5.83. The van der Waals surface area contributed by atoms with Gasteiger partial charge in [-0.25, -0.2) is 0 Å². The van der Waals surface area contributed by atoms with E-state index in [1.807, 2.05) is 12.1 Å². The second-order valence-electron chi connectivity index (χ2n) is 5.86. The van der Waals surface area contributed by atoms with Gasteiger partial charge < -0.3 is 10.1 Å². The van der Waals surface area contributed by atoms with E-state index in [-0.39, 0.29) is 11.8 Å². The Kier molecular flexibility index (Phi) is 3.92. The van der Waals surface area contributed by atoms with Crippen molar-refractivity contribution in [3.63, 3.8) is 0 Å². The van der Waals surface area contributed by atoms with Crippen LogP contribution in [0.3, 0.4) is 0 Å². The molecule has 1 aromatic carbocycles. The SMILES string of the molecule is COc1cccc(CN2CCC(C(=O)NC3CC3)C2)c1. The van der Waals surface area contributed by atoms with Gasteiger partial charge in [0.1, 0.15) is 5.75 Å². The highest BCUT2D eigenvalue weighted by molar-refractivity contribution is 5.79. The lowest BCUT2D eigenvalue weighted by molar-refractivity contribution is -0.124. The lowest BCUT2D eigenvalue weighted by atomic mass is 10.1. The molecule has 20 heavy (non-hydrogen) atoms. The molecule has 1 atom stereocenters. The third kappa shape index (κ3) is 3.31. The monoisotopic (exact) mass is 274 g/mol. The normalized spacial score (nSPS) is 22.8. The van der Waals surface area contributed by atoms with Gasteiger partial charge in [0.25, 0.3) is 0 Å². The number of carbonyl (C=O) groups is 1. The van der Waals surface area contributed by atoms with Crippen molar-refractivity contribution in [1.82, 2.24) is 10.2 Å². The number of benzene rings is 1. The number of nitrogens with zero attached hydrogens (tertiary/aromatic N) is 1. The van der Waals surface area contributed by atoms with Gasteiger partial charge in [0.15, 0.2) is 0 Å². The van der Waals surface area contributed by atoms with Crippen LogP contribution in [0.5, 0.6) is 5.75 Å². The van der Waals surface area contributed by atoms with Crippen molar-refractivity contribution in [3.8, 4) is 5.75 Å². The average Bonchev–Trinajstić information content (AvgIpc) is 3.15. The number of methoxy groups -OCH3 is 1. The Morgan fingerprint density at radius 3 is 3.00 bits per heavy atom. The Bertz CT molecular complexity index is 485. The van der Waals surface area contributed by atoms with Crippen molar-refractivity contribution in [3.05, 3.63) is 29.8 Å². The Morgan fingerprint density at radius 1 is 1.40 bits per heavy atom. The van der Waals surface area contributed by atoms with Crippen LogP contribution in [-0.2, 0) is 11.3 Å². The van der Waals surface area contributed by atoms with Gasteiger partial charge in [0.2, 0.25) is 5.91 Å². The molecule has 1 saturated heterocycles. The molecule has 2 aliphatic rings.